The van der Waals surface area contributed by atoms with E-state index in [4.69, 9.17) is 4.98 Å². The predicted octanol–water partition coefficient (Wildman–Crippen LogP) is 5.45. The zero-order valence-electron chi connectivity index (χ0n) is 17.6. The van der Waals surface area contributed by atoms with E-state index in [1.165, 1.54) is 5.56 Å². The molecule has 0 saturated carbocycles. The molecule has 1 aromatic heterocycles. The number of carbonyl (C=O) groups excluding carboxylic acids is 1. The number of aryl methyl sites for hydroxylation is 2. The van der Waals surface area contributed by atoms with Crippen molar-refractivity contribution in [3.63, 3.8) is 0 Å². The molecule has 3 aromatic carbocycles. The first-order valence-corrected chi connectivity index (χ1v) is 10.2. The van der Waals surface area contributed by atoms with Gasteiger partial charge in [0, 0.05) is 24.3 Å². The van der Waals surface area contributed by atoms with Gasteiger partial charge in [0.1, 0.15) is 5.82 Å². The number of hydrogen-bond donors (Lipinski definition) is 2. The SMILES string of the molecule is Cc1ccc(-c2nc3ccccc3n2CCNC(=O)Nc2cccc(C)c2C)cc1. The number of fused-ring (bicyclic) bond motifs is 1. The van der Waals surface area contributed by atoms with Gasteiger partial charge in [0.05, 0.1) is 11.0 Å². The van der Waals surface area contributed by atoms with Gasteiger partial charge in [-0.15, -0.1) is 0 Å². The Morgan fingerprint density at radius 2 is 1.70 bits per heavy atom. The van der Waals surface area contributed by atoms with E-state index in [1.54, 1.807) is 0 Å². The third-order valence-corrected chi connectivity index (χ3v) is 5.44. The van der Waals surface area contributed by atoms with Crippen molar-refractivity contribution in [2.75, 3.05) is 11.9 Å². The van der Waals surface area contributed by atoms with Gasteiger partial charge in [0.2, 0.25) is 0 Å². The smallest absolute Gasteiger partial charge is 0.319 e. The maximum Gasteiger partial charge on any atom is 0.319 e. The van der Waals surface area contributed by atoms with E-state index in [0.717, 1.165) is 39.2 Å². The van der Waals surface area contributed by atoms with Crippen LogP contribution in [0.15, 0.2) is 66.7 Å². The van der Waals surface area contributed by atoms with Gasteiger partial charge in [-0.3, -0.25) is 0 Å². The molecule has 0 spiro atoms. The Labute approximate surface area is 176 Å². The molecule has 4 rings (SSSR count). The van der Waals surface area contributed by atoms with E-state index in [2.05, 4.69) is 52.5 Å². The van der Waals surface area contributed by atoms with Gasteiger partial charge in [0.25, 0.3) is 0 Å². The predicted molar refractivity (Wildman–Crippen MR) is 123 cm³/mol. The topological polar surface area (TPSA) is 59.0 Å². The van der Waals surface area contributed by atoms with Crippen LogP contribution in [0.5, 0.6) is 0 Å². The molecule has 2 amide bonds. The lowest BCUT2D eigenvalue weighted by molar-refractivity contribution is 0.251. The van der Waals surface area contributed by atoms with E-state index >= 15 is 0 Å². The fraction of sp³-hybridized carbons (Fsp3) is 0.200. The number of anilines is 1. The highest BCUT2D eigenvalue weighted by Crippen LogP contribution is 2.25. The first-order chi connectivity index (χ1) is 14.5. The summed E-state index contributed by atoms with van der Waals surface area (Å²) in [5, 5.41) is 5.92. The molecule has 5 nitrogen and oxygen atoms in total. The summed E-state index contributed by atoms with van der Waals surface area (Å²) in [6.07, 6.45) is 0. The highest BCUT2D eigenvalue weighted by atomic mass is 16.2. The highest BCUT2D eigenvalue weighted by molar-refractivity contribution is 5.90. The van der Waals surface area contributed by atoms with E-state index in [0.29, 0.717) is 13.1 Å². The molecule has 0 bridgehead atoms. The average molecular weight is 399 g/mol. The summed E-state index contributed by atoms with van der Waals surface area (Å²) in [6.45, 7) is 7.25. The Hall–Kier alpha value is -3.60. The Morgan fingerprint density at radius 3 is 2.50 bits per heavy atom. The van der Waals surface area contributed by atoms with Crippen molar-refractivity contribution in [3.05, 3.63) is 83.4 Å². The molecule has 0 unspecified atom stereocenters. The fourth-order valence-electron chi connectivity index (χ4n) is 3.56. The third-order valence-electron chi connectivity index (χ3n) is 5.44. The van der Waals surface area contributed by atoms with Crippen molar-refractivity contribution < 1.29 is 4.79 Å². The van der Waals surface area contributed by atoms with Crippen LogP contribution in [0.1, 0.15) is 16.7 Å². The Bertz CT molecular complexity index is 1190. The maximum absolute atomic E-state index is 12.4. The molecule has 5 heteroatoms. The molecule has 0 aliphatic heterocycles. The van der Waals surface area contributed by atoms with Gasteiger partial charge in [-0.25, -0.2) is 9.78 Å². The highest BCUT2D eigenvalue weighted by Gasteiger charge is 2.13. The Kier molecular flexibility index (Phi) is 5.53. The molecule has 0 fully saturated rings. The Balaban J connectivity index is 1.51. The zero-order chi connectivity index (χ0) is 21.1. The average Bonchev–Trinajstić information content (AvgIpc) is 3.11. The van der Waals surface area contributed by atoms with E-state index < -0.39 is 0 Å². The van der Waals surface area contributed by atoms with Crippen LogP contribution in [0.2, 0.25) is 0 Å². The van der Waals surface area contributed by atoms with Crippen LogP contribution in [0, 0.1) is 20.8 Å². The molecule has 2 N–H and O–H groups in total. The van der Waals surface area contributed by atoms with E-state index in [-0.39, 0.29) is 6.03 Å². The van der Waals surface area contributed by atoms with Crippen molar-refractivity contribution in [2.45, 2.75) is 27.3 Å². The summed E-state index contributed by atoms with van der Waals surface area (Å²) >= 11 is 0. The summed E-state index contributed by atoms with van der Waals surface area (Å²) in [7, 11) is 0. The van der Waals surface area contributed by atoms with Gasteiger partial charge in [0.15, 0.2) is 0 Å². The number of amides is 2. The lowest BCUT2D eigenvalue weighted by Crippen LogP contribution is -2.31. The van der Waals surface area contributed by atoms with Crippen LogP contribution in [0.4, 0.5) is 10.5 Å². The number of para-hydroxylation sites is 2. The van der Waals surface area contributed by atoms with Crippen LogP contribution in [-0.4, -0.2) is 22.1 Å². The quantitative estimate of drug-likeness (QED) is 0.470. The summed E-state index contributed by atoms with van der Waals surface area (Å²) in [4.78, 5) is 17.2. The van der Waals surface area contributed by atoms with Crippen LogP contribution in [0.25, 0.3) is 22.4 Å². The zero-order valence-corrected chi connectivity index (χ0v) is 17.6. The number of hydrogen-bond acceptors (Lipinski definition) is 2. The summed E-state index contributed by atoms with van der Waals surface area (Å²) in [5.74, 6) is 0.910. The minimum absolute atomic E-state index is 0.204. The maximum atomic E-state index is 12.4. The number of urea groups is 1. The number of nitrogens with one attached hydrogen (secondary N) is 2. The third kappa shape index (κ3) is 4.06. The molecule has 4 aromatic rings. The standard InChI is InChI=1S/C25H26N4O/c1-17-11-13-20(14-12-17)24-27-22-8-4-5-10-23(22)29(24)16-15-26-25(30)28-21-9-6-7-18(2)19(21)3/h4-14H,15-16H2,1-3H3,(H2,26,28,30). The van der Waals surface area contributed by atoms with Crippen molar-refractivity contribution in [1.82, 2.24) is 14.9 Å². The number of nitrogens with zero attached hydrogens (tertiary/aromatic N) is 2. The second-order valence-electron chi connectivity index (χ2n) is 7.57. The van der Waals surface area contributed by atoms with Gasteiger partial charge in [-0.2, -0.15) is 0 Å². The van der Waals surface area contributed by atoms with Crippen molar-refractivity contribution in [1.29, 1.82) is 0 Å². The lowest BCUT2D eigenvalue weighted by atomic mass is 10.1. The minimum atomic E-state index is -0.204. The number of carbonyl (C=O) groups is 1. The molecule has 1 heterocycles. The normalized spacial score (nSPS) is 10.9. The van der Waals surface area contributed by atoms with Gasteiger partial charge in [-0.05, 0) is 50.1 Å². The Morgan fingerprint density at radius 1 is 0.933 bits per heavy atom. The molecular weight excluding hydrogens is 372 g/mol. The molecule has 152 valence electrons. The molecule has 0 radical (unpaired) electrons. The van der Waals surface area contributed by atoms with Crippen LogP contribution in [-0.2, 0) is 6.54 Å². The number of rotatable bonds is 5. The fourth-order valence-corrected chi connectivity index (χ4v) is 3.56. The van der Waals surface area contributed by atoms with Gasteiger partial charge < -0.3 is 15.2 Å². The summed E-state index contributed by atoms with van der Waals surface area (Å²) < 4.78 is 2.16. The molecule has 0 aliphatic rings. The molecule has 0 aliphatic carbocycles. The largest absolute Gasteiger partial charge is 0.336 e. The van der Waals surface area contributed by atoms with Gasteiger partial charge in [-0.1, -0.05) is 54.1 Å². The lowest BCUT2D eigenvalue weighted by Gasteiger charge is -2.13. The van der Waals surface area contributed by atoms with Crippen LogP contribution in [0.3, 0.4) is 0 Å². The van der Waals surface area contributed by atoms with Crippen LogP contribution >= 0.6 is 0 Å². The van der Waals surface area contributed by atoms with Gasteiger partial charge >= 0.3 is 6.03 Å². The molecule has 30 heavy (non-hydrogen) atoms. The number of benzene rings is 3. The summed E-state index contributed by atoms with van der Waals surface area (Å²) in [5.41, 5.74) is 7.36. The molecular formula is C25H26N4O. The second kappa shape index (κ2) is 8.41. The summed E-state index contributed by atoms with van der Waals surface area (Å²) in [6, 6.07) is 22.2. The van der Waals surface area contributed by atoms with Crippen molar-refractivity contribution in [3.8, 4) is 11.4 Å². The van der Waals surface area contributed by atoms with Crippen LogP contribution < -0.4 is 10.6 Å². The van der Waals surface area contributed by atoms with E-state index in [1.807, 2.05) is 50.2 Å². The monoisotopic (exact) mass is 398 g/mol. The van der Waals surface area contributed by atoms with E-state index in [9.17, 15) is 4.79 Å². The number of aromatic nitrogens is 2. The second-order valence-corrected chi connectivity index (χ2v) is 7.57. The molecule has 0 atom stereocenters. The number of imidazole rings is 1. The molecule has 0 saturated heterocycles. The van der Waals surface area contributed by atoms with Crippen molar-refractivity contribution in [2.24, 2.45) is 0 Å². The first kappa shape index (κ1) is 19.7. The minimum Gasteiger partial charge on any atom is -0.336 e. The first-order valence-electron chi connectivity index (χ1n) is 10.2. The van der Waals surface area contributed by atoms with Crippen molar-refractivity contribution >= 4 is 22.8 Å².